The molecule has 0 amide bonds. The highest BCUT2D eigenvalue weighted by Crippen LogP contribution is 2.38. The second-order valence-corrected chi connectivity index (χ2v) is 6.60. The van der Waals surface area contributed by atoms with Gasteiger partial charge in [-0.3, -0.25) is 0 Å². The Hall–Kier alpha value is -2.60. The van der Waals surface area contributed by atoms with Gasteiger partial charge in [-0.25, -0.2) is 0 Å². The van der Waals surface area contributed by atoms with Crippen LogP contribution in [0.4, 0.5) is 0 Å². The van der Waals surface area contributed by atoms with Crippen molar-refractivity contribution in [3.8, 4) is 38.4 Å². The van der Waals surface area contributed by atoms with E-state index in [1.54, 1.807) is 21.3 Å². The second kappa shape index (κ2) is 7.11. The van der Waals surface area contributed by atoms with Crippen LogP contribution in [0, 0.1) is 13.8 Å². The average Bonchev–Trinajstić information content (AvgIpc) is 3.11. The first-order chi connectivity index (χ1) is 12.1. The van der Waals surface area contributed by atoms with E-state index in [2.05, 4.69) is 10.2 Å². The number of rotatable bonds is 5. The molecular weight excluding hydrogens is 336 g/mol. The number of aromatic nitrogens is 2. The first-order valence-electron chi connectivity index (χ1n) is 7.79. The van der Waals surface area contributed by atoms with Gasteiger partial charge in [-0.15, -0.1) is 10.2 Å². The molecule has 1 aromatic heterocycles. The largest absolute Gasteiger partial charge is 0.496 e. The Morgan fingerprint density at radius 1 is 0.720 bits per heavy atom. The molecule has 0 spiro atoms. The van der Waals surface area contributed by atoms with Crippen LogP contribution in [-0.4, -0.2) is 31.5 Å². The molecule has 0 atom stereocenters. The van der Waals surface area contributed by atoms with Crippen LogP contribution in [-0.2, 0) is 0 Å². The summed E-state index contributed by atoms with van der Waals surface area (Å²) >= 11 is 1.54. The summed E-state index contributed by atoms with van der Waals surface area (Å²) < 4.78 is 16.2. The highest BCUT2D eigenvalue weighted by Gasteiger charge is 2.15. The third-order valence-corrected chi connectivity index (χ3v) is 5.05. The quantitative estimate of drug-likeness (QED) is 0.673. The van der Waals surface area contributed by atoms with Gasteiger partial charge in [0, 0.05) is 11.1 Å². The third-order valence-electron chi connectivity index (χ3n) is 4.04. The maximum Gasteiger partial charge on any atom is 0.161 e. The van der Waals surface area contributed by atoms with E-state index in [0.717, 1.165) is 38.0 Å². The molecule has 0 aliphatic rings. The Morgan fingerprint density at radius 2 is 1.36 bits per heavy atom. The summed E-state index contributed by atoms with van der Waals surface area (Å²) in [6, 6.07) is 9.93. The van der Waals surface area contributed by atoms with Gasteiger partial charge in [0.05, 0.1) is 21.3 Å². The van der Waals surface area contributed by atoms with Crippen LogP contribution in [0.5, 0.6) is 17.2 Å². The highest BCUT2D eigenvalue weighted by molar-refractivity contribution is 7.17. The lowest BCUT2D eigenvalue weighted by atomic mass is 10.1. The Labute approximate surface area is 151 Å². The molecule has 0 unspecified atom stereocenters. The van der Waals surface area contributed by atoms with Gasteiger partial charge in [-0.05, 0) is 43.2 Å². The van der Waals surface area contributed by atoms with Gasteiger partial charge in [0.25, 0.3) is 0 Å². The number of ether oxygens (including phenoxy) is 3. The van der Waals surface area contributed by atoms with Crippen molar-refractivity contribution < 1.29 is 14.2 Å². The minimum absolute atomic E-state index is 0.678. The molecular formula is C19H20N2O3S. The molecule has 0 aliphatic heterocycles. The van der Waals surface area contributed by atoms with E-state index in [-0.39, 0.29) is 0 Å². The topological polar surface area (TPSA) is 53.5 Å². The van der Waals surface area contributed by atoms with Crippen LogP contribution in [0.2, 0.25) is 0 Å². The number of benzene rings is 2. The lowest BCUT2D eigenvalue weighted by Gasteiger charge is -2.10. The molecule has 0 fully saturated rings. The van der Waals surface area contributed by atoms with Crippen molar-refractivity contribution in [3.63, 3.8) is 0 Å². The number of aryl methyl sites for hydroxylation is 2. The molecule has 25 heavy (non-hydrogen) atoms. The van der Waals surface area contributed by atoms with Crippen molar-refractivity contribution in [2.75, 3.05) is 21.3 Å². The number of methoxy groups -OCH3 is 3. The average molecular weight is 356 g/mol. The minimum atomic E-state index is 0.678. The molecule has 0 N–H and O–H groups in total. The molecule has 1 heterocycles. The van der Waals surface area contributed by atoms with Crippen molar-refractivity contribution in [1.29, 1.82) is 0 Å². The molecule has 3 aromatic rings. The Kier molecular flexibility index (Phi) is 4.90. The van der Waals surface area contributed by atoms with Crippen LogP contribution < -0.4 is 14.2 Å². The summed E-state index contributed by atoms with van der Waals surface area (Å²) in [6.45, 7) is 4.04. The number of hydrogen-bond acceptors (Lipinski definition) is 6. The number of hydrogen-bond donors (Lipinski definition) is 0. The summed E-state index contributed by atoms with van der Waals surface area (Å²) in [7, 11) is 4.93. The molecule has 0 radical (unpaired) electrons. The SMILES string of the molecule is COc1cc(-c2nnc(-c3cc(OC)c(OC)cc3C)s2)ccc1C. The molecule has 0 saturated heterocycles. The molecule has 0 bridgehead atoms. The second-order valence-electron chi connectivity index (χ2n) is 5.62. The van der Waals surface area contributed by atoms with Gasteiger partial charge in [-0.2, -0.15) is 0 Å². The van der Waals surface area contributed by atoms with Crippen molar-refractivity contribution in [3.05, 3.63) is 41.5 Å². The van der Waals surface area contributed by atoms with Crippen LogP contribution in [0.15, 0.2) is 30.3 Å². The molecule has 0 aliphatic carbocycles. The normalized spacial score (nSPS) is 10.6. The van der Waals surface area contributed by atoms with Gasteiger partial charge >= 0.3 is 0 Å². The van der Waals surface area contributed by atoms with Crippen molar-refractivity contribution in [2.45, 2.75) is 13.8 Å². The first-order valence-corrected chi connectivity index (χ1v) is 8.60. The van der Waals surface area contributed by atoms with E-state index < -0.39 is 0 Å². The van der Waals surface area contributed by atoms with E-state index in [4.69, 9.17) is 14.2 Å². The fraction of sp³-hybridized carbons (Fsp3) is 0.263. The van der Waals surface area contributed by atoms with Gasteiger partial charge in [0.15, 0.2) is 11.5 Å². The van der Waals surface area contributed by atoms with Crippen molar-refractivity contribution in [1.82, 2.24) is 10.2 Å². The summed E-state index contributed by atoms with van der Waals surface area (Å²) in [5.41, 5.74) is 4.12. The Bertz CT molecular complexity index is 906. The lowest BCUT2D eigenvalue weighted by Crippen LogP contribution is -1.93. The molecule has 5 nitrogen and oxygen atoms in total. The standard InChI is InChI=1S/C19H20N2O3S/c1-11-6-7-13(9-15(11)22-3)18-20-21-19(25-18)14-10-17(24-5)16(23-4)8-12(14)2/h6-10H,1-5H3. The zero-order valence-corrected chi connectivity index (χ0v) is 15.7. The van der Waals surface area contributed by atoms with E-state index in [1.165, 1.54) is 11.3 Å². The van der Waals surface area contributed by atoms with Crippen molar-refractivity contribution in [2.24, 2.45) is 0 Å². The van der Waals surface area contributed by atoms with Gasteiger partial charge in [0.1, 0.15) is 15.8 Å². The van der Waals surface area contributed by atoms with E-state index in [1.807, 2.05) is 44.2 Å². The smallest absolute Gasteiger partial charge is 0.161 e. The number of nitrogens with zero attached hydrogens (tertiary/aromatic N) is 2. The molecule has 130 valence electrons. The summed E-state index contributed by atoms with van der Waals surface area (Å²) in [6.07, 6.45) is 0. The van der Waals surface area contributed by atoms with E-state index in [9.17, 15) is 0 Å². The molecule has 0 saturated carbocycles. The predicted molar refractivity (Wildman–Crippen MR) is 99.9 cm³/mol. The maximum atomic E-state index is 5.40. The van der Waals surface area contributed by atoms with Crippen LogP contribution in [0.1, 0.15) is 11.1 Å². The van der Waals surface area contributed by atoms with E-state index in [0.29, 0.717) is 11.5 Å². The summed E-state index contributed by atoms with van der Waals surface area (Å²) in [5.74, 6) is 2.23. The van der Waals surface area contributed by atoms with Crippen LogP contribution in [0.3, 0.4) is 0 Å². The summed E-state index contributed by atoms with van der Waals surface area (Å²) in [5, 5.41) is 10.4. The van der Waals surface area contributed by atoms with Gasteiger partial charge in [-0.1, -0.05) is 23.5 Å². The van der Waals surface area contributed by atoms with Crippen LogP contribution in [0.25, 0.3) is 21.1 Å². The fourth-order valence-electron chi connectivity index (χ4n) is 2.61. The lowest BCUT2D eigenvalue weighted by molar-refractivity contribution is 0.355. The Balaban J connectivity index is 2.02. The first kappa shape index (κ1) is 17.2. The molecule has 6 heteroatoms. The zero-order chi connectivity index (χ0) is 18.0. The monoisotopic (exact) mass is 356 g/mol. The third kappa shape index (κ3) is 3.30. The van der Waals surface area contributed by atoms with Crippen LogP contribution >= 0.6 is 11.3 Å². The zero-order valence-electron chi connectivity index (χ0n) is 14.9. The molecule has 2 aromatic carbocycles. The van der Waals surface area contributed by atoms with Gasteiger partial charge < -0.3 is 14.2 Å². The highest BCUT2D eigenvalue weighted by atomic mass is 32.1. The maximum absolute atomic E-state index is 5.40. The summed E-state index contributed by atoms with van der Waals surface area (Å²) in [4.78, 5) is 0. The fourth-order valence-corrected chi connectivity index (χ4v) is 3.53. The van der Waals surface area contributed by atoms with Crippen molar-refractivity contribution >= 4 is 11.3 Å². The van der Waals surface area contributed by atoms with Gasteiger partial charge in [0.2, 0.25) is 0 Å². The minimum Gasteiger partial charge on any atom is -0.496 e. The van der Waals surface area contributed by atoms with E-state index >= 15 is 0 Å². The Morgan fingerprint density at radius 3 is 2.04 bits per heavy atom. The predicted octanol–water partition coefficient (Wildman–Crippen LogP) is 4.51. The molecule has 3 rings (SSSR count).